The van der Waals surface area contributed by atoms with Crippen molar-refractivity contribution in [2.75, 3.05) is 26.2 Å². The lowest BCUT2D eigenvalue weighted by atomic mass is 10.1. The number of carbonyl (C=O) groups excluding carboxylic acids is 1. The van der Waals surface area contributed by atoms with Crippen molar-refractivity contribution in [2.45, 2.75) is 6.54 Å². The minimum atomic E-state index is 0.0907. The molecule has 0 radical (unpaired) electrons. The van der Waals surface area contributed by atoms with Gasteiger partial charge >= 0.3 is 0 Å². The van der Waals surface area contributed by atoms with Gasteiger partial charge in [-0.25, -0.2) is 0 Å². The molecule has 1 aliphatic heterocycles. The Morgan fingerprint density at radius 3 is 2.56 bits per heavy atom. The van der Waals surface area contributed by atoms with Crippen LogP contribution in [0.4, 0.5) is 0 Å². The minimum absolute atomic E-state index is 0.0907. The number of hydrogen-bond acceptors (Lipinski definition) is 2. The maximum atomic E-state index is 12.9. The number of rotatable bonds is 3. The van der Waals surface area contributed by atoms with Gasteiger partial charge in [0.15, 0.2) is 0 Å². The Morgan fingerprint density at radius 2 is 1.80 bits per heavy atom. The Balaban J connectivity index is 1.42. The van der Waals surface area contributed by atoms with E-state index in [1.165, 1.54) is 5.56 Å². The first-order chi connectivity index (χ1) is 12.2. The van der Waals surface area contributed by atoms with Crippen molar-refractivity contribution in [3.8, 4) is 0 Å². The van der Waals surface area contributed by atoms with Crippen LogP contribution in [-0.2, 0) is 6.54 Å². The summed E-state index contributed by atoms with van der Waals surface area (Å²) in [6.45, 7) is 4.25. The van der Waals surface area contributed by atoms with Crippen molar-refractivity contribution in [1.82, 2.24) is 14.8 Å². The van der Waals surface area contributed by atoms with Crippen LogP contribution < -0.4 is 0 Å². The summed E-state index contributed by atoms with van der Waals surface area (Å²) in [5, 5.41) is 1.60. The van der Waals surface area contributed by atoms with Gasteiger partial charge in [0, 0.05) is 54.8 Å². The minimum Gasteiger partial charge on any atom is -0.360 e. The van der Waals surface area contributed by atoms with Gasteiger partial charge in [0.1, 0.15) is 0 Å². The van der Waals surface area contributed by atoms with E-state index in [1.54, 1.807) is 6.20 Å². The van der Waals surface area contributed by atoms with E-state index in [0.29, 0.717) is 5.02 Å². The van der Waals surface area contributed by atoms with Crippen LogP contribution >= 0.6 is 11.6 Å². The highest BCUT2D eigenvalue weighted by Crippen LogP contribution is 2.23. The van der Waals surface area contributed by atoms with Gasteiger partial charge in [-0.05, 0) is 17.7 Å². The monoisotopic (exact) mass is 353 g/mol. The molecule has 1 N–H and O–H groups in total. The number of amides is 1. The Kier molecular flexibility index (Phi) is 4.47. The quantitative estimate of drug-likeness (QED) is 0.778. The lowest BCUT2D eigenvalue weighted by Crippen LogP contribution is -2.48. The van der Waals surface area contributed by atoms with Crippen LogP contribution in [0.15, 0.2) is 54.7 Å². The number of aromatic amines is 1. The number of hydrogen-bond donors (Lipinski definition) is 1. The maximum absolute atomic E-state index is 12.9. The second kappa shape index (κ2) is 6.90. The molecule has 2 heterocycles. The summed E-state index contributed by atoms with van der Waals surface area (Å²) >= 11 is 6.02. The van der Waals surface area contributed by atoms with Crippen LogP contribution in [0, 0.1) is 0 Å². The number of nitrogens with one attached hydrogen (secondary N) is 1. The SMILES string of the molecule is O=C(c1c[nH]c2cc(Cl)ccc12)N1CCN(Cc2ccccc2)CC1. The zero-order valence-electron chi connectivity index (χ0n) is 13.9. The number of H-pyrrole nitrogens is 1. The summed E-state index contributed by atoms with van der Waals surface area (Å²) in [6, 6.07) is 16.1. The molecule has 0 atom stereocenters. The number of aromatic nitrogens is 1. The number of benzene rings is 2. The molecule has 0 saturated carbocycles. The van der Waals surface area contributed by atoms with Crippen LogP contribution in [0.2, 0.25) is 5.02 Å². The number of carbonyl (C=O) groups is 1. The van der Waals surface area contributed by atoms with E-state index in [4.69, 9.17) is 11.6 Å². The smallest absolute Gasteiger partial charge is 0.256 e. The highest BCUT2D eigenvalue weighted by Gasteiger charge is 2.24. The molecule has 0 bridgehead atoms. The standard InChI is InChI=1S/C20H20ClN3O/c21-16-6-7-17-18(13-22-19(17)12-16)20(25)24-10-8-23(9-11-24)14-15-4-2-1-3-5-15/h1-7,12-13,22H,8-11,14H2. The second-order valence-corrected chi connectivity index (χ2v) is 6.88. The third-order valence-corrected chi connectivity index (χ3v) is 5.02. The predicted molar refractivity (Wildman–Crippen MR) is 101 cm³/mol. The summed E-state index contributed by atoms with van der Waals surface area (Å²) in [4.78, 5) is 20.4. The summed E-state index contributed by atoms with van der Waals surface area (Å²) in [5.41, 5.74) is 2.94. The molecule has 25 heavy (non-hydrogen) atoms. The molecule has 4 rings (SSSR count). The Bertz CT molecular complexity index is 882. The van der Waals surface area contributed by atoms with E-state index in [0.717, 1.165) is 49.2 Å². The first kappa shape index (κ1) is 16.2. The molecule has 0 aliphatic carbocycles. The van der Waals surface area contributed by atoms with Crippen LogP contribution in [-0.4, -0.2) is 46.9 Å². The van der Waals surface area contributed by atoms with E-state index >= 15 is 0 Å². The third kappa shape index (κ3) is 3.41. The molecule has 1 aliphatic rings. The third-order valence-electron chi connectivity index (χ3n) is 4.78. The number of piperazine rings is 1. The number of halogens is 1. The van der Waals surface area contributed by atoms with Gasteiger partial charge in [-0.3, -0.25) is 9.69 Å². The van der Waals surface area contributed by atoms with Crippen molar-refractivity contribution < 1.29 is 4.79 Å². The first-order valence-electron chi connectivity index (χ1n) is 8.53. The molecule has 1 aromatic heterocycles. The fourth-order valence-electron chi connectivity index (χ4n) is 3.40. The summed E-state index contributed by atoms with van der Waals surface area (Å²) in [6.07, 6.45) is 1.79. The van der Waals surface area contributed by atoms with Gasteiger partial charge in [-0.15, -0.1) is 0 Å². The fourth-order valence-corrected chi connectivity index (χ4v) is 3.57. The molecule has 3 aromatic rings. The van der Waals surface area contributed by atoms with Crippen molar-refractivity contribution in [1.29, 1.82) is 0 Å². The average Bonchev–Trinajstić information content (AvgIpc) is 3.05. The Morgan fingerprint density at radius 1 is 1.04 bits per heavy atom. The number of nitrogens with zero attached hydrogens (tertiary/aromatic N) is 2. The highest BCUT2D eigenvalue weighted by molar-refractivity contribution is 6.31. The fraction of sp³-hybridized carbons (Fsp3) is 0.250. The molecular formula is C20H20ClN3O. The van der Waals surface area contributed by atoms with Gasteiger partial charge in [-0.1, -0.05) is 48.0 Å². The molecule has 1 saturated heterocycles. The normalized spacial score (nSPS) is 15.6. The topological polar surface area (TPSA) is 39.3 Å². The van der Waals surface area contributed by atoms with Gasteiger partial charge in [0.25, 0.3) is 5.91 Å². The molecule has 4 nitrogen and oxygen atoms in total. The van der Waals surface area contributed by atoms with Gasteiger partial charge in [0.2, 0.25) is 0 Å². The van der Waals surface area contributed by atoms with Crippen LogP contribution in [0.1, 0.15) is 15.9 Å². The molecule has 1 amide bonds. The molecular weight excluding hydrogens is 334 g/mol. The van der Waals surface area contributed by atoms with Crippen molar-refractivity contribution >= 4 is 28.4 Å². The van der Waals surface area contributed by atoms with E-state index in [2.05, 4.69) is 34.1 Å². The molecule has 0 unspecified atom stereocenters. The zero-order chi connectivity index (χ0) is 17.2. The molecule has 1 fully saturated rings. The summed E-state index contributed by atoms with van der Waals surface area (Å²) in [7, 11) is 0. The lowest BCUT2D eigenvalue weighted by molar-refractivity contribution is 0.0630. The molecule has 5 heteroatoms. The van der Waals surface area contributed by atoms with Crippen molar-refractivity contribution in [3.63, 3.8) is 0 Å². The van der Waals surface area contributed by atoms with Gasteiger partial charge in [0.05, 0.1) is 5.56 Å². The van der Waals surface area contributed by atoms with Crippen LogP contribution in [0.5, 0.6) is 0 Å². The maximum Gasteiger partial charge on any atom is 0.256 e. The summed E-state index contributed by atoms with van der Waals surface area (Å²) in [5.74, 6) is 0.0907. The van der Waals surface area contributed by atoms with E-state index in [-0.39, 0.29) is 5.91 Å². The molecule has 128 valence electrons. The van der Waals surface area contributed by atoms with Crippen LogP contribution in [0.3, 0.4) is 0 Å². The molecule has 2 aromatic carbocycles. The van der Waals surface area contributed by atoms with Crippen molar-refractivity contribution in [3.05, 3.63) is 70.9 Å². The molecule has 0 spiro atoms. The van der Waals surface area contributed by atoms with Crippen LogP contribution in [0.25, 0.3) is 10.9 Å². The zero-order valence-corrected chi connectivity index (χ0v) is 14.7. The number of fused-ring (bicyclic) bond motifs is 1. The van der Waals surface area contributed by atoms with E-state index in [1.807, 2.05) is 29.2 Å². The first-order valence-corrected chi connectivity index (χ1v) is 8.91. The van der Waals surface area contributed by atoms with E-state index < -0.39 is 0 Å². The average molecular weight is 354 g/mol. The van der Waals surface area contributed by atoms with E-state index in [9.17, 15) is 4.79 Å². The summed E-state index contributed by atoms with van der Waals surface area (Å²) < 4.78 is 0. The highest BCUT2D eigenvalue weighted by atomic mass is 35.5. The second-order valence-electron chi connectivity index (χ2n) is 6.45. The largest absolute Gasteiger partial charge is 0.360 e. The predicted octanol–water partition coefficient (Wildman–Crippen LogP) is 3.78. The van der Waals surface area contributed by atoms with Gasteiger partial charge < -0.3 is 9.88 Å². The van der Waals surface area contributed by atoms with Gasteiger partial charge in [-0.2, -0.15) is 0 Å². The Hall–Kier alpha value is -2.30. The van der Waals surface area contributed by atoms with Crippen molar-refractivity contribution in [2.24, 2.45) is 0 Å². The Labute approximate surface area is 152 Å². The lowest BCUT2D eigenvalue weighted by Gasteiger charge is -2.34.